The van der Waals surface area contributed by atoms with E-state index in [0.29, 0.717) is 6.04 Å². The van der Waals surface area contributed by atoms with Crippen LogP contribution in [0.25, 0.3) is 0 Å². The second-order valence-electron chi connectivity index (χ2n) is 6.47. The quantitative estimate of drug-likeness (QED) is 0.928. The van der Waals surface area contributed by atoms with Crippen LogP contribution in [0, 0.1) is 0 Å². The van der Waals surface area contributed by atoms with Gasteiger partial charge in [0.1, 0.15) is 5.75 Å². The maximum absolute atomic E-state index is 6.22. The molecule has 3 rings (SSSR count). The molecule has 2 bridgehead atoms. The minimum Gasteiger partial charge on any atom is -0.496 e. The van der Waals surface area contributed by atoms with Gasteiger partial charge in [-0.1, -0.05) is 6.07 Å². The van der Waals surface area contributed by atoms with Gasteiger partial charge in [0.05, 0.1) is 7.11 Å². The number of ether oxygens (including phenoxy) is 1. The molecule has 2 fully saturated rings. The van der Waals surface area contributed by atoms with Gasteiger partial charge in [-0.2, -0.15) is 0 Å². The number of likely N-dealkylation sites (N-methyl/N-ethyl adjacent to an activating group) is 1. The summed E-state index contributed by atoms with van der Waals surface area (Å²) in [5, 5.41) is 0. The number of anilines is 1. The van der Waals surface area contributed by atoms with Crippen LogP contribution in [0.4, 0.5) is 5.69 Å². The largest absolute Gasteiger partial charge is 0.496 e. The van der Waals surface area contributed by atoms with Gasteiger partial charge in [0, 0.05) is 42.5 Å². The smallest absolute Gasteiger partial charge is 0.125 e. The van der Waals surface area contributed by atoms with E-state index in [2.05, 4.69) is 29.0 Å². The van der Waals surface area contributed by atoms with Gasteiger partial charge in [0.2, 0.25) is 0 Å². The lowest BCUT2D eigenvalue weighted by molar-refractivity contribution is 0.254. The van der Waals surface area contributed by atoms with Crippen molar-refractivity contribution in [2.24, 2.45) is 5.73 Å². The Labute approximate surface area is 127 Å². The number of benzene rings is 1. The molecule has 2 aliphatic rings. The lowest BCUT2D eigenvalue weighted by Gasteiger charge is -2.31. The molecule has 4 nitrogen and oxygen atoms in total. The fourth-order valence-corrected chi connectivity index (χ4v) is 3.97. The van der Waals surface area contributed by atoms with Crippen LogP contribution >= 0.6 is 0 Å². The predicted molar refractivity (Wildman–Crippen MR) is 87.0 cm³/mol. The van der Waals surface area contributed by atoms with Crippen LogP contribution in [0.2, 0.25) is 0 Å². The first-order chi connectivity index (χ1) is 10.1. The molecule has 21 heavy (non-hydrogen) atoms. The summed E-state index contributed by atoms with van der Waals surface area (Å²) in [6.07, 6.45) is 3.91. The van der Waals surface area contributed by atoms with E-state index in [1.165, 1.54) is 24.9 Å². The summed E-state index contributed by atoms with van der Waals surface area (Å²) < 4.78 is 5.54. The molecule has 0 spiro atoms. The lowest BCUT2D eigenvalue weighted by Crippen LogP contribution is -2.37. The van der Waals surface area contributed by atoms with E-state index in [0.717, 1.165) is 30.4 Å². The van der Waals surface area contributed by atoms with Gasteiger partial charge in [-0.3, -0.25) is 4.90 Å². The van der Waals surface area contributed by atoms with Gasteiger partial charge in [0.25, 0.3) is 0 Å². The topological polar surface area (TPSA) is 41.7 Å². The molecule has 3 atom stereocenters. The molecule has 1 aromatic carbocycles. The van der Waals surface area contributed by atoms with Crippen LogP contribution in [-0.2, 0) is 0 Å². The third-order valence-electron chi connectivity index (χ3n) is 5.21. The van der Waals surface area contributed by atoms with Crippen molar-refractivity contribution in [3.63, 3.8) is 0 Å². The molecule has 0 radical (unpaired) electrons. The van der Waals surface area contributed by atoms with Crippen molar-refractivity contribution in [2.45, 2.75) is 44.3 Å². The standard InChI is InChI=1S/C17H27N3O/c1-12(18)17-15(5-4-6-16(17)21-3)20-10-9-13-7-8-14(11-20)19(13)2/h4-6,12-14H,7-11,18H2,1-3H3/t12-,13?,14?/m0/s1. The number of hydrogen-bond donors (Lipinski definition) is 1. The normalized spacial score (nSPS) is 27.5. The van der Waals surface area contributed by atoms with E-state index in [4.69, 9.17) is 10.5 Å². The Hall–Kier alpha value is -1.26. The fourth-order valence-electron chi connectivity index (χ4n) is 3.97. The lowest BCUT2D eigenvalue weighted by atomic mass is 10.0. The summed E-state index contributed by atoms with van der Waals surface area (Å²) in [6.45, 7) is 4.25. The summed E-state index contributed by atoms with van der Waals surface area (Å²) in [6, 6.07) is 7.69. The van der Waals surface area contributed by atoms with Crippen LogP contribution < -0.4 is 15.4 Å². The van der Waals surface area contributed by atoms with E-state index in [1.807, 2.05) is 13.0 Å². The first-order valence-corrected chi connectivity index (χ1v) is 8.01. The maximum atomic E-state index is 6.22. The third kappa shape index (κ3) is 2.62. The Morgan fingerprint density at radius 1 is 1.24 bits per heavy atom. The highest BCUT2D eigenvalue weighted by molar-refractivity contribution is 5.61. The number of methoxy groups -OCH3 is 1. The van der Waals surface area contributed by atoms with Crippen molar-refractivity contribution < 1.29 is 4.74 Å². The number of hydrogen-bond acceptors (Lipinski definition) is 4. The van der Waals surface area contributed by atoms with Gasteiger partial charge in [-0.15, -0.1) is 0 Å². The summed E-state index contributed by atoms with van der Waals surface area (Å²) in [4.78, 5) is 5.09. The van der Waals surface area contributed by atoms with Crippen molar-refractivity contribution in [3.8, 4) is 5.75 Å². The van der Waals surface area contributed by atoms with Gasteiger partial charge in [-0.25, -0.2) is 0 Å². The highest BCUT2D eigenvalue weighted by Crippen LogP contribution is 2.37. The minimum absolute atomic E-state index is 0.0191. The molecule has 1 aromatic rings. The van der Waals surface area contributed by atoms with Gasteiger partial charge in [-0.05, 0) is 45.4 Å². The van der Waals surface area contributed by atoms with Crippen LogP contribution in [-0.4, -0.2) is 44.2 Å². The van der Waals surface area contributed by atoms with E-state index in [1.54, 1.807) is 7.11 Å². The molecule has 2 N–H and O–H groups in total. The summed E-state index contributed by atoms with van der Waals surface area (Å²) in [5.41, 5.74) is 8.62. The maximum Gasteiger partial charge on any atom is 0.125 e. The number of nitrogens with two attached hydrogens (primary N) is 1. The van der Waals surface area contributed by atoms with Crippen LogP contribution in [0.15, 0.2) is 18.2 Å². The Morgan fingerprint density at radius 2 is 2.00 bits per heavy atom. The van der Waals surface area contributed by atoms with E-state index in [9.17, 15) is 0 Å². The SMILES string of the molecule is COc1cccc(N2CCC3CCC(C2)N3C)c1[C@H](C)N. The van der Waals surface area contributed by atoms with Crippen LogP contribution in [0.3, 0.4) is 0 Å². The van der Waals surface area contributed by atoms with Crippen molar-refractivity contribution in [3.05, 3.63) is 23.8 Å². The van der Waals surface area contributed by atoms with Gasteiger partial charge >= 0.3 is 0 Å². The molecule has 2 aliphatic heterocycles. The second-order valence-corrected chi connectivity index (χ2v) is 6.47. The summed E-state index contributed by atoms with van der Waals surface area (Å²) >= 11 is 0. The van der Waals surface area contributed by atoms with E-state index in [-0.39, 0.29) is 6.04 Å². The zero-order chi connectivity index (χ0) is 15.0. The van der Waals surface area contributed by atoms with E-state index < -0.39 is 0 Å². The summed E-state index contributed by atoms with van der Waals surface area (Å²) in [7, 11) is 4.01. The molecule has 2 heterocycles. The molecule has 0 aliphatic carbocycles. The molecule has 0 amide bonds. The zero-order valence-corrected chi connectivity index (χ0v) is 13.4. The number of rotatable bonds is 3. The molecule has 0 saturated carbocycles. The average molecular weight is 289 g/mol. The zero-order valence-electron chi connectivity index (χ0n) is 13.4. The molecule has 116 valence electrons. The van der Waals surface area contributed by atoms with Crippen LogP contribution in [0.1, 0.15) is 37.8 Å². The van der Waals surface area contributed by atoms with Crippen LogP contribution in [0.5, 0.6) is 5.75 Å². The van der Waals surface area contributed by atoms with Crippen molar-refractivity contribution in [2.75, 3.05) is 32.1 Å². The highest BCUT2D eigenvalue weighted by Gasteiger charge is 2.35. The van der Waals surface area contributed by atoms with Crippen molar-refractivity contribution >= 4 is 5.69 Å². The minimum atomic E-state index is -0.0191. The van der Waals surface area contributed by atoms with Crippen molar-refractivity contribution in [1.82, 2.24) is 4.90 Å². The molecule has 4 heteroatoms. The second kappa shape index (κ2) is 5.85. The average Bonchev–Trinajstić information content (AvgIpc) is 2.71. The molecule has 0 aromatic heterocycles. The summed E-state index contributed by atoms with van der Waals surface area (Å²) in [5.74, 6) is 0.908. The Bertz CT molecular complexity index is 503. The fraction of sp³-hybridized carbons (Fsp3) is 0.647. The highest BCUT2D eigenvalue weighted by atomic mass is 16.5. The number of fused-ring (bicyclic) bond motifs is 2. The molecule has 2 saturated heterocycles. The Morgan fingerprint density at radius 3 is 2.71 bits per heavy atom. The van der Waals surface area contributed by atoms with Gasteiger partial charge < -0.3 is 15.4 Å². The first-order valence-electron chi connectivity index (χ1n) is 8.01. The molecular formula is C17H27N3O. The number of nitrogens with zero attached hydrogens (tertiary/aromatic N) is 2. The monoisotopic (exact) mass is 289 g/mol. The third-order valence-corrected chi connectivity index (χ3v) is 5.21. The van der Waals surface area contributed by atoms with Gasteiger partial charge in [0.15, 0.2) is 0 Å². The van der Waals surface area contributed by atoms with Crippen molar-refractivity contribution in [1.29, 1.82) is 0 Å². The van der Waals surface area contributed by atoms with E-state index >= 15 is 0 Å². The molecular weight excluding hydrogens is 262 g/mol. The Balaban J connectivity index is 1.93. The Kier molecular flexibility index (Phi) is 4.09. The first kappa shape index (κ1) is 14.7. The molecule has 2 unspecified atom stereocenters. The predicted octanol–water partition coefficient (Wildman–Crippen LogP) is 2.39.